The van der Waals surface area contributed by atoms with Crippen molar-refractivity contribution in [3.05, 3.63) is 42.2 Å². The Morgan fingerprint density at radius 3 is 3.07 bits per heavy atom. The molecule has 0 fully saturated rings. The number of hydrogen-bond donors (Lipinski definition) is 0. The fourth-order valence-corrected chi connectivity index (χ4v) is 1.37. The fourth-order valence-electron chi connectivity index (χ4n) is 1.37. The van der Waals surface area contributed by atoms with Gasteiger partial charge in [-0.3, -0.25) is 4.98 Å². The van der Waals surface area contributed by atoms with Gasteiger partial charge in [-0.05, 0) is 18.6 Å². The van der Waals surface area contributed by atoms with E-state index in [1.54, 1.807) is 12.5 Å². The second-order valence-corrected chi connectivity index (χ2v) is 3.07. The van der Waals surface area contributed by atoms with Gasteiger partial charge in [0.2, 0.25) is 0 Å². The lowest BCUT2D eigenvalue weighted by molar-refractivity contribution is 0.711. The molecular weight excluding hydrogens is 176 g/mol. The van der Waals surface area contributed by atoms with Crippen LogP contribution in [0.25, 0.3) is 0 Å². The van der Waals surface area contributed by atoms with Gasteiger partial charge in [0.05, 0.1) is 0 Å². The molecule has 0 aliphatic heterocycles. The molecule has 0 saturated heterocycles. The molecule has 0 bridgehead atoms. The molecule has 0 aromatic carbocycles. The smallest absolute Gasteiger partial charge is 0.137 e. The number of pyridine rings is 1. The van der Waals surface area contributed by atoms with E-state index in [2.05, 4.69) is 22.1 Å². The van der Waals surface area contributed by atoms with E-state index in [1.807, 2.05) is 22.9 Å². The van der Waals surface area contributed by atoms with Gasteiger partial charge in [-0.2, -0.15) is 0 Å². The van der Waals surface area contributed by atoms with Gasteiger partial charge in [0, 0.05) is 25.4 Å². The highest BCUT2D eigenvalue weighted by Gasteiger charge is 2.03. The van der Waals surface area contributed by atoms with Crippen LogP contribution < -0.4 is 0 Å². The maximum absolute atomic E-state index is 4.07. The lowest BCUT2D eigenvalue weighted by atomic mass is 10.2. The number of aromatic nitrogens is 4. The molecule has 0 radical (unpaired) electrons. The van der Waals surface area contributed by atoms with Crippen LogP contribution in [0.4, 0.5) is 0 Å². The van der Waals surface area contributed by atoms with Crippen LogP contribution in [0.15, 0.2) is 30.9 Å². The molecule has 0 N–H and O–H groups in total. The second kappa shape index (κ2) is 4.00. The summed E-state index contributed by atoms with van der Waals surface area (Å²) in [5, 5.41) is 7.95. The second-order valence-electron chi connectivity index (χ2n) is 3.07. The minimum absolute atomic E-state index is 0.793. The Hall–Kier alpha value is -1.71. The maximum Gasteiger partial charge on any atom is 0.137 e. The lowest BCUT2D eigenvalue weighted by Crippen LogP contribution is -2.01. The molecule has 2 aromatic rings. The Morgan fingerprint density at radius 2 is 2.36 bits per heavy atom. The summed E-state index contributed by atoms with van der Waals surface area (Å²) in [6.07, 6.45) is 6.18. The molecule has 0 saturated carbocycles. The van der Waals surface area contributed by atoms with Gasteiger partial charge in [0.25, 0.3) is 0 Å². The van der Waals surface area contributed by atoms with Crippen molar-refractivity contribution in [2.24, 2.45) is 0 Å². The average Bonchev–Trinajstić information content (AvgIpc) is 2.67. The SMILES string of the molecule is CCn1cnnc1Cc1cccnc1. The van der Waals surface area contributed by atoms with Gasteiger partial charge < -0.3 is 4.57 Å². The van der Waals surface area contributed by atoms with Crippen molar-refractivity contribution in [2.45, 2.75) is 19.9 Å². The monoisotopic (exact) mass is 188 g/mol. The molecule has 72 valence electrons. The molecule has 0 aliphatic carbocycles. The Labute approximate surface area is 82.6 Å². The molecular formula is C10H12N4. The Kier molecular flexibility index (Phi) is 2.53. The maximum atomic E-state index is 4.07. The third-order valence-corrected chi connectivity index (χ3v) is 2.12. The summed E-state index contributed by atoms with van der Waals surface area (Å²) < 4.78 is 2.03. The van der Waals surface area contributed by atoms with Crippen molar-refractivity contribution < 1.29 is 0 Å². The zero-order valence-electron chi connectivity index (χ0n) is 8.09. The first-order valence-electron chi connectivity index (χ1n) is 4.65. The summed E-state index contributed by atoms with van der Waals surface area (Å²) in [7, 11) is 0. The number of nitrogens with zero attached hydrogens (tertiary/aromatic N) is 4. The van der Waals surface area contributed by atoms with Gasteiger partial charge in [-0.25, -0.2) is 0 Å². The first-order chi connectivity index (χ1) is 6.90. The summed E-state index contributed by atoms with van der Waals surface area (Å²) in [5.74, 6) is 0.987. The van der Waals surface area contributed by atoms with Crippen LogP contribution in [0, 0.1) is 0 Å². The van der Waals surface area contributed by atoms with Gasteiger partial charge in [0.15, 0.2) is 0 Å². The predicted molar refractivity (Wildman–Crippen MR) is 52.7 cm³/mol. The van der Waals surface area contributed by atoms with Crippen LogP contribution in [0.5, 0.6) is 0 Å². The molecule has 0 amide bonds. The summed E-state index contributed by atoms with van der Waals surface area (Å²) in [6.45, 7) is 2.98. The van der Waals surface area contributed by atoms with E-state index >= 15 is 0 Å². The van der Waals surface area contributed by atoms with Gasteiger partial charge in [-0.15, -0.1) is 10.2 Å². The summed E-state index contributed by atoms with van der Waals surface area (Å²) in [5.41, 5.74) is 1.16. The van der Waals surface area contributed by atoms with Crippen LogP contribution in [-0.2, 0) is 13.0 Å². The average molecular weight is 188 g/mol. The topological polar surface area (TPSA) is 43.6 Å². The van der Waals surface area contributed by atoms with Crippen LogP contribution in [-0.4, -0.2) is 19.7 Å². The third-order valence-electron chi connectivity index (χ3n) is 2.12. The third kappa shape index (κ3) is 1.79. The molecule has 2 rings (SSSR count). The molecule has 0 aliphatic rings. The Bertz CT molecular complexity index is 394. The normalized spacial score (nSPS) is 10.4. The minimum Gasteiger partial charge on any atom is -0.318 e. The molecule has 0 unspecified atom stereocenters. The summed E-state index contributed by atoms with van der Waals surface area (Å²) in [4.78, 5) is 4.06. The molecule has 4 nitrogen and oxygen atoms in total. The van der Waals surface area contributed by atoms with Crippen LogP contribution >= 0.6 is 0 Å². The quantitative estimate of drug-likeness (QED) is 0.728. The molecule has 0 spiro atoms. The van der Waals surface area contributed by atoms with E-state index in [0.717, 1.165) is 24.4 Å². The van der Waals surface area contributed by atoms with Crippen LogP contribution in [0.1, 0.15) is 18.3 Å². The minimum atomic E-state index is 0.793. The van der Waals surface area contributed by atoms with E-state index in [-0.39, 0.29) is 0 Å². The predicted octanol–water partition coefficient (Wildman–Crippen LogP) is 1.28. The number of rotatable bonds is 3. The zero-order chi connectivity index (χ0) is 9.80. The highest BCUT2D eigenvalue weighted by Crippen LogP contribution is 2.04. The fraction of sp³-hybridized carbons (Fsp3) is 0.300. The number of hydrogen-bond acceptors (Lipinski definition) is 3. The zero-order valence-corrected chi connectivity index (χ0v) is 8.09. The van der Waals surface area contributed by atoms with Crippen molar-refractivity contribution in [2.75, 3.05) is 0 Å². The Morgan fingerprint density at radius 1 is 1.43 bits per heavy atom. The number of aryl methyl sites for hydroxylation is 1. The van der Waals surface area contributed by atoms with Crippen LogP contribution in [0.3, 0.4) is 0 Å². The molecule has 14 heavy (non-hydrogen) atoms. The van der Waals surface area contributed by atoms with Gasteiger partial charge in [0.1, 0.15) is 12.2 Å². The van der Waals surface area contributed by atoms with Crippen molar-refractivity contribution in [1.29, 1.82) is 0 Å². The van der Waals surface area contributed by atoms with Gasteiger partial charge >= 0.3 is 0 Å². The van der Waals surface area contributed by atoms with Crippen molar-refractivity contribution in [3.63, 3.8) is 0 Å². The van der Waals surface area contributed by atoms with E-state index in [1.165, 1.54) is 0 Å². The van der Waals surface area contributed by atoms with E-state index in [0.29, 0.717) is 0 Å². The van der Waals surface area contributed by atoms with Crippen molar-refractivity contribution in [3.8, 4) is 0 Å². The molecule has 0 atom stereocenters. The lowest BCUT2D eigenvalue weighted by Gasteiger charge is -2.02. The standard InChI is InChI=1S/C10H12N4/c1-2-14-8-12-13-10(14)6-9-4-3-5-11-7-9/h3-5,7-8H,2,6H2,1H3. The molecule has 4 heteroatoms. The Balaban J connectivity index is 2.19. The highest BCUT2D eigenvalue weighted by molar-refractivity contribution is 5.13. The first kappa shape index (κ1) is 8.87. The van der Waals surface area contributed by atoms with Gasteiger partial charge in [-0.1, -0.05) is 6.07 Å². The van der Waals surface area contributed by atoms with Crippen molar-refractivity contribution >= 4 is 0 Å². The molecule has 2 aromatic heterocycles. The first-order valence-corrected chi connectivity index (χ1v) is 4.65. The highest BCUT2D eigenvalue weighted by atomic mass is 15.3. The van der Waals surface area contributed by atoms with E-state index < -0.39 is 0 Å². The van der Waals surface area contributed by atoms with E-state index in [9.17, 15) is 0 Å². The largest absolute Gasteiger partial charge is 0.318 e. The summed E-state index contributed by atoms with van der Waals surface area (Å²) in [6, 6.07) is 3.98. The molecule has 2 heterocycles. The van der Waals surface area contributed by atoms with Crippen molar-refractivity contribution in [1.82, 2.24) is 19.7 Å². The van der Waals surface area contributed by atoms with E-state index in [4.69, 9.17) is 0 Å². The van der Waals surface area contributed by atoms with Crippen LogP contribution in [0.2, 0.25) is 0 Å². The summed E-state index contributed by atoms with van der Waals surface area (Å²) >= 11 is 0.